The van der Waals surface area contributed by atoms with Gasteiger partial charge in [0.25, 0.3) is 10.1 Å². The molecule has 22 heteroatoms. The number of likely N-dealkylation sites (N-methyl/N-ethyl adjacent to an activating group) is 3. The predicted molar refractivity (Wildman–Crippen MR) is 375 cm³/mol. The number of hydrogen-bond donors (Lipinski definition) is 1. The second kappa shape index (κ2) is 33.2. The standard InChI is InChI=1S/C43H52N8O4.C20H24N4O2.C11H16O3S/c1-9-48(10-2)38(52)26-36-40(46-50-30(7)24-28(5)44-42(36)50)32-14-18-34(19-15-32)54-22-13-23-55-35-20-16-33(17-21-35)41-37(27-39(53)49(11-3)12-4)43-45-29(6)25-31(8)51(43)47-41;1-5-23(6-2)18(26)12-17-19(15-7-9-16(25)10-8-15)22-24-14(4)11-13(3)21-20(17)24;1-3-4-9-14-15(12,13)11-7-5-10(2)6-8-11/h14-21,24-25H,9-13,22-23,26-27H2,1-8H3;7-11,25H,5-6,12H2,1-4H3;5-8H,3-4,9H2,1-2H3. The van der Waals surface area contributed by atoms with Crippen LogP contribution in [0.3, 0.4) is 0 Å². The van der Waals surface area contributed by atoms with Crippen LogP contribution in [0.2, 0.25) is 0 Å². The molecule has 0 radical (unpaired) electrons. The van der Waals surface area contributed by atoms with E-state index >= 15 is 0 Å². The number of aromatic hydroxyl groups is 1. The van der Waals surface area contributed by atoms with Gasteiger partial charge in [-0.2, -0.15) is 23.7 Å². The molecular formula is C74H92N12O9S. The number of fused-ring (bicyclic) bond motifs is 3. The van der Waals surface area contributed by atoms with E-state index in [9.17, 15) is 27.9 Å². The van der Waals surface area contributed by atoms with Gasteiger partial charge in [-0.15, -0.1) is 0 Å². The summed E-state index contributed by atoms with van der Waals surface area (Å²) in [5.41, 5.74) is 16.1. The highest BCUT2D eigenvalue weighted by atomic mass is 32.2. The van der Waals surface area contributed by atoms with Crippen LogP contribution in [0, 0.1) is 48.5 Å². The van der Waals surface area contributed by atoms with Crippen molar-refractivity contribution in [3.8, 4) is 51.0 Å². The summed E-state index contributed by atoms with van der Waals surface area (Å²) < 4.78 is 45.6. The van der Waals surface area contributed by atoms with Crippen LogP contribution in [0.5, 0.6) is 17.2 Å². The maximum Gasteiger partial charge on any atom is 0.296 e. The van der Waals surface area contributed by atoms with Gasteiger partial charge in [-0.05, 0) is 200 Å². The van der Waals surface area contributed by atoms with Crippen molar-refractivity contribution in [1.29, 1.82) is 0 Å². The number of aromatic nitrogens is 9. The molecule has 0 unspecified atom stereocenters. The number of nitrogens with zero attached hydrogens (tertiary/aromatic N) is 12. The van der Waals surface area contributed by atoms with E-state index in [4.69, 9.17) is 38.9 Å². The van der Waals surface area contributed by atoms with Crippen LogP contribution in [0.25, 0.3) is 50.7 Å². The number of phenols is 1. The lowest BCUT2D eigenvalue weighted by Crippen LogP contribution is -2.31. The Morgan fingerprint density at radius 2 is 0.760 bits per heavy atom. The number of ether oxygens (including phenoxy) is 2. The van der Waals surface area contributed by atoms with E-state index in [-0.39, 0.29) is 54.2 Å². The number of hydrogen-bond acceptors (Lipinski definition) is 15. The summed E-state index contributed by atoms with van der Waals surface area (Å²) in [4.78, 5) is 59.1. The monoisotopic (exact) mass is 1320 g/mol. The first kappa shape index (κ1) is 72.3. The zero-order chi connectivity index (χ0) is 69.4. The zero-order valence-corrected chi connectivity index (χ0v) is 58.9. The van der Waals surface area contributed by atoms with Gasteiger partial charge in [-0.25, -0.2) is 28.5 Å². The Balaban J connectivity index is 0.000000234. The number of amides is 3. The molecule has 0 fully saturated rings. The van der Waals surface area contributed by atoms with Gasteiger partial charge in [0.15, 0.2) is 16.9 Å². The first-order chi connectivity index (χ1) is 46.0. The first-order valence-electron chi connectivity index (χ1n) is 33.2. The van der Waals surface area contributed by atoms with Crippen molar-refractivity contribution in [2.75, 3.05) is 59.1 Å². The molecule has 0 aliphatic heterocycles. The van der Waals surface area contributed by atoms with Crippen LogP contribution in [0.15, 0.2) is 120 Å². The van der Waals surface area contributed by atoms with E-state index in [0.29, 0.717) is 75.8 Å². The van der Waals surface area contributed by atoms with Crippen molar-refractivity contribution < 1.29 is 41.6 Å². The molecule has 6 heterocycles. The Bertz CT molecular complexity index is 4240. The molecule has 0 atom stereocenters. The molecule has 10 rings (SSSR count). The van der Waals surface area contributed by atoms with E-state index in [2.05, 4.69) is 4.98 Å². The number of carbonyl (C=O) groups is 3. The summed E-state index contributed by atoms with van der Waals surface area (Å²) in [6.45, 7) is 32.9. The Kier molecular flexibility index (Phi) is 25.0. The normalized spacial score (nSPS) is 11.3. The van der Waals surface area contributed by atoms with Gasteiger partial charge >= 0.3 is 0 Å². The fraction of sp³-hybridized carbons (Fsp3) is 0.392. The largest absolute Gasteiger partial charge is 0.508 e. The van der Waals surface area contributed by atoms with Gasteiger partial charge in [-0.1, -0.05) is 31.0 Å². The summed E-state index contributed by atoms with van der Waals surface area (Å²) in [5, 5.41) is 24.1. The highest BCUT2D eigenvalue weighted by Crippen LogP contribution is 2.33. The molecule has 0 aliphatic carbocycles. The van der Waals surface area contributed by atoms with Crippen molar-refractivity contribution in [2.45, 2.75) is 140 Å². The quantitative estimate of drug-likeness (QED) is 0.0392. The minimum absolute atomic E-state index is 0.0583. The molecule has 4 aromatic carbocycles. The number of aryl methyl sites for hydroxylation is 7. The molecule has 6 aromatic heterocycles. The number of carbonyl (C=O) groups excluding carboxylic acids is 3. The van der Waals surface area contributed by atoms with Gasteiger partial charge in [0.1, 0.15) is 17.2 Å². The molecule has 0 aliphatic rings. The Hall–Kier alpha value is -9.54. The zero-order valence-electron chi connectivity index (χ0n) is 58.1. The van der Waals surface area contributed by atoms with Crippen LogP contribution >= 0.6 is 0 Å². The lowest BCUT2D eigenvalue weighted by atomic mass is 10.0. The van der Waals surface area contributed by atoms with Gasteiger partial charge in [-0.3, -0.25) is 18.6 Å². The number of phenolic OH excluding ortho intramolecular Hbond substituents is 1. The Morgan fingerprint density at radius 1 is 0.438 bits per heavy atom. The molecule has 0 saturated carbocycles. The molecule has 10 aromatic rings. The van der Waals surface area contributed by atoms with E-state index in [1.54, 1.807) is 40.9 Å². The SMILES string of the molecule is CCCCOS(=O)(=O)c1ccc(C)cc1.CCN(CC)C(=O)Cc1c(-c2ccc(O)cc2)nn2c(C)cc(C)nc12.CCN(CC)C(=O)Cc1c(-c2ccc(OCCCOc3ccc(-c4nn5c(C)cc(C)nc5c4CC(=O)N(CC)CC)cc3)cc2)nn2c(C)cc(C)nc12. The molecule has 0 bridgehead atoms. The summed E-state index contributed by atoms with van der Waals surface area (Å²) in [6.07, 6.45) is 3.07. The molecule has 0 saturated heterocycles. The topological polar surface area (TPSA) is 234 Å². The summed E-state index contributed by atoms with van der Waals surface area (Å²) in [6, 6.07) is 35.1. The van der Waals surface area contributed by atoms with Crippen molar-refractivity contribution in [2.24, 2.45) is 0 Å². The van der Waals surface area contributed by atoms with Crippen LogP contribution in [0.4, 0.5) is 0 Å². The van der Waals surface area contributed by atoms with Crippen molar-refractivity contribution >= 4 is 44.8 Å². The first-order valence-corrected chi connectivity index (χ1v) is 34.6. The molecule has 1 N–H and O–H groups in total. The van der Waals surface area contributed by atoms with Crippen LogP contribution in [0.1, 0.15) is 124 Å². The molecule has 3 amide bonds. The minimum Gasteiger partial charge on any atom is -0.508 e. The van der Waals surface area contributed by atoms with E-state index in [1.165, 1.54) is 0 Å². The molecule has 0 spiro atoms. The molecular weight excluding hydrogens is 1230 g/mol. The Morgan fingerprint density at radius 3 is 1.07 bits per heavy atom. The number of unbranched alkanes of at least 4 members (excludes halogenated alkanes) is 1. The van der Waals surface area contributed by atoms with Gasteiger partial charge in [0.05, 0.1) is 61.1 Å². The smallest absolute Gasteiger partial charge is 0.296 e. The van der Waals surface area contributed by atoms with Crippen molar-refractivity contribution in [1.82, 2.24) is 58.5 Å². The fourth-order valence-electron chi connectivity index (χ4n) is 11.4. The van der Waals surface area contributed by atoms with Crippen LogP contribution in [-0.4, -0.2) is 149 Å². The summed E-state index contributed by atoms with van der Waals surface area (Å²) in [7, 11) is -3.55. The van der Waals surface area contributed by atoms with Gasteiger partial charge in [0, 0.05) is 113 Å². The van der Waals surface area contributed by atoms with Crippen molar-refractivity contribution in [3.05, 3.63) is 172 Å². The maximum absolute atomic E-state index is 13.2. The predicted octanol–water partition coefficient (Wildman–Crippen LogP) is 12.6. The molecule has 96 heavy (non-hydrogen) atoms. The summed E-state index contributed by atoms with van der Waals surface area (Å²) >= 11 is 0. The lowest BCUT2D eigenvalue weighted by molar-refractivity contribution is -0.130. The highest BCUT2D eigenvalue weighted by Gasteiger charge is 2.26. The third kappa shape index (κ3) is 17.7. The fourth-order valence-corrected chi connectivity index (χ4v) is 12.3. The maximum atomic E-state index is 13.2. The minimum atomic E-state index is -3.55. The lowest BCUT2D eigenvalue weighted by Gasteiger charge is -2.18. The van der Waals surface area contributed by atoms with E-state index < -0.39 is 10.1 Å². The van der Waals surface area contributed by atoms with Gasteiger partial charge in [0.2, 0.25) is 17.7 Å². The van der Waals surface area contributed by atoms with Crippen LogP contribution < -0.4 is 9.47 Å². The van der Waals surface area contributed by atoms with Crippen molar-refractivity contribution in [3.63, 3.8) is 0 Å². The molecule has 508 valence electrons. The number of rotatable bonds is 26. The highest BCUT2D eigenvalue weighted by molar-refractivity contribution is 7.86. The van der Waals surface area contributed by atoms with Crippen LogP contribution in [-0.2, 0) is 47.9 Å². The van der Waals surface area contributed by atoms with Gasteiger partial charge < -0.3 is 29.3 Å². The third-order valence-electron chi connectivity index (χ3n) is 16.6. The van der Waals surface area contributed by atoms with E-state index in [1.807, 2.05) is 200 Å². The average molecular weight is 1330 g/mol. The Labute approximate surface area is 564 Å². The summed E-state index contributed by atoms with van der Waals surface area (Å²) in [5.74, 6) is 1.86. The second-order valence-corrected chi connectivity index (χ2v) is 25.2. The average Bonchev–Trinajstić information content (AvgIpc) is 1.64. The number of benzene rings is 4. The van der Waals surface area contributed by atoms with E-state index in [0.717, 1.165) is 115 Å². The second-order valence-electron chi connectivity index (χ2n) is 23.6. The molecule has 21 nitrogen and oxygen atoms in total. The third-order valence-corrected chi connectivity index (χ3v) is 17.9.